The van der Waals surface area contributed by atoms with E-state index in [1.807, 2.05) is 6.07 Å². The number of rotatable bonds is 8. The lowest BCUT2D eigenvalue weighted by Crippen LogP contribution is -2.42. The number of anilines is 2. The number of aliphatic imine (C=N–C) groups is 1. The van der Waals surface area contributed by atoms with Crippen molar-refractivity contribution in [3.8, 4) is 0 Å². The van der Waals surface area contributed by atoms with Gasteiger partial charge in [0.05, 0.1) is 15.6 Å². The summed E-state index contributed by atoms with van der Waals surface area (Å²) in [6.07, 6.45) is 0.998. The number of guanidine groups is 1. The topological polar surface area (TPSA) is 132 Å². The molecule has 196 valence electrons. The van der Waals surface area contributed by atoms with Crippen molar-refractivity contribution in [1.82, 2.24) is 10.6 Å². The largest absolute Gasteiger partial charge is 0.480 e. The fraction of sp³-hybridized carbons (Fsp3) is 0.185. The van der Waals surface area contributed by atoms with Crippen LogP contribution in [0.25, 0.3) is 0 Å². The summed E-state index contributed by atoms with van der Waals surface area (Å²) in [6.45, 7) is 1.60. The molecule has 0 saturated heterocycles. The normalized spacial score (nSPS) is 13.5. The maximum Gasteiger partial charge on any atom is 0.326 e. The number of carbonyl (C=O) groups excluding carboxylic acids is 2. The molecule has 1 atom stereocenters. The zero-order chi connectivity index (χ0) is 27.1. The zero-order valence-corrected chi connectivity index (χ0v) is 21.6. The van der Waals surface area contributed by atoms with Crippen molar-refractivity contribution < 1.29 is 19.5 Å². The third kappa shape index (κ3) is 7.02. The molecule has 0 aromatic heterocycles. The van der Waals surface area contributed by atoms with Gasteiger partial charge in [0.15, 0.2) is 5.96 Å². The number of aliphatic carboxylic acids is 1. The van der Waals surface area contributed by atoms with Crippen molar-refractivity contribution in [3.05, 3.63) is 93.5 Å². The highest BCUT2D eigenvalue weighted by Gasteiger charge is 2.24. The van der Waals surface area contributed by atoms with Gasteiger partial charge in [0, 0.05) is 36.4 Å². The minimum atomic E-state index is -1.21. The Morgan fingerprint density at radius 1 is 0.947 bits per heavy atom. The number of nitrogens with zero attached hydrogens (tertiary/aromatic N) is 1. The van der Waals surface area contributed by atoms with Gasteiger partial charge in [-0.1, -0.05) is 47.5 Å². The van der Waals surface area contributed by atoms with Crippen LogP contribution in [0.15, 0.2) is 71.7 Å². The van der Waals surface area contributed by atoms with Crippen LogP contribution in [0.1, 0.15) is 32.7 Å². The second-order valence-electron chi connectivity index (χ2n) is 8.53. The van der Waals surface area contributed by atoms with Crippen LogP contribution >= 0.6 is 23.2 Å². The summed E-state index contributed by atoms with van der Waals surface area (Å²) >= 11 is 12.1. The van der Waals surface area contributed by atoms with Crippen LogP contribution in [0, 0.1) is 0 Å². The standard InChI is InChI=1S/C27H25Cl2N5O4/c28-20-6-2-7-21(29)23(20)25(36)34-22(26(37)38)14-16-8-10-18(11-9-16)32-24(35)17-4-1-5-19(15-17)33-27-30-12-3-13-31-27/h1-2,4-11,15,22H,3,12-14H2,(H,32,35)(H,34,36)(H,37,38)(H2,30,31,33)/t22-/m0/s1. The van der Waals surface area contributed by atoms with E-state index in [-0.39, 0.29) is 27.9 Å². The number of nitrogens with one attached hydrogen (secondary N) is 4. The molecule has 4 rings (SSSR count). The van der Waals surface area contributed by atoms with E-state index in [0.717, 1.165) is 25.2 Å². The lowest BCUT2D eigenvalue weighted by atomic mass is 10.0. The molecule has 1 heterocycles. The summed E-state index contributed by atoms with van der Waals surface area (Å²) in [5.41, 5.74) is 2.40. The van der Waals surface area contributed by atoms with Crippen LogP contribution in [0.4, 0.5) is 11.4 Å². The van der Waals surface area contributed by atoms with E-state index < -0.39 is 17.9 Å². The Hall–Kier alpha value is -4.08. The van der Waals surface area contributed by atoms with Crippen molar-refractivity contribution >= 4 is 58.3 Å². The maximum absolute atomic E-state index is 12.8. The van der Waals surface area contributed by atoms with Crippen LogP contribution in [-0.4, -0.2) is 48.0 Å². The Kier molecular flexibility index (Phi) is 8.83. The van der Waals surface area contributed by atoms with E-state index >= 15 is 0 Å². The van der Waals surface area contributed by atoms with Gasteiger partial charge >= 0.3 is 5.97 Å². The van der Waals surface area contributed by atoms with E-state index in [1.165, 1.54) is 12.1 Å². The molecular weight excluding hydrogens is 529 g/mol. The summed E-state index contributed by atoms with van der Waals surface area (Å²) < 4.78 is 0. The molecule has 0 aliphatic carbocycles. The van der Waals surface area contributed by atoms with Crippen LogP contribution in [-0.2, 0) is 11.2 Å². The van der Waals surface area contributed by atoms with E-state index in [1.54, 1.807) is 48.5 Å². The molecule has 1 aliphatic heterocycles. The Morgan fingerprint density at radius 3 is 2.32 bits per heavy atom. The molecule has 0 bridgehead atoms. The number of hydrogen-bond donors (Lipinski definition) is 5. The van der Waals surface area contributed by atoms with Crippen LogP contribution in [0.2, 0.25) is 10.0 Å². The summed E-state index contributed by atoms with van der Waals surface area (Å²) in [6, 6.07) is 17.1. The molecule has 1 aliphatic rings. The van der Waals surface area contributed by atoms with Crippen molar-refractivity contribution in [1.29, 1.82) is 0 Å². The van der Waals surface area contributed by atoms with Gasteiger partial charge in [-0.3, -0.25) is 14.6 Å². The van der Waals surface area contributed by atoms with Crippen molar-refractivity contribution in [2.24, 2.45) is 4.99 Å². The Balaban J connectivity index is 1.38. The van der Waals surface area contributed by atoms with E-state index in [9.17, 15) is 19.5 Å². The smallest absolute Gasteiger partial charge is 0.326 e. The highest BCUT2D eigenvalue weighted by Crippen LogP contribution is 2.24. The zero-order valence-electron chi connectivity index (χ0n) is 20.1. The second kappa shape index (κ2) is 12.4. The highest BCUT2D eigenvalue weighted by molar-refractivity contribution is 6.39. The summed E-state index contributed by atoms with van der Waals surface area (Å²) in [5, 5.41) is 21.5. The number of benzene rings is 3. The van der Waals surface area contributed by atoms with Gasteiger partial charge in [-0.2, -0.15) is 0 Å². The molecule has 38 heavy (non-hydrogen) atoms. The van der Waals surface area contributed by atoms with Gasteiger partial charge in [-0.05, 0) is 54.4 Å². The Labute approximate surface area is 229 Å². The van der Waals surface area contributed by atoms with Gasteiger partial charge in [0.25, 0.3) is 11.8 Å². The quantitative estimate of drug-likeness (QED) is 0.280. The molecule has 3 aromatic rings. The summed E-state index contributed by atoms with van der Waals surface area (Å²) in [4.78, 5) is 41.6. The van der Waals surface area contributed by atoms with Crippen LogP contribution in [0.3, 0.4) is 0 Å². The van der Waals surface area contributed by atoms with Crippen molar-refractivity contribution in [2.75, 3.05) is 23.7 Å². The minimum absolute atomic E-state index is 0.0161. The first-order valence-electron chi connectivity index (χ1n) is 11.8. The molecule has 0 fully saturated rings. The van der Waals surface area contributed by atoms with Crippen molar-refractivity contribution in [3.63, 3.8) is 0 Å². The number of hydrogen-bond acceptors (Lipinski definition) is 6. The number of amides is 2. The lowest BCUT2D eigenvalue weighted by molar-refractivity contribution is -0.139. The monoisotopic (exact) mass is 553 g/mol. The average Bonchev–Trinajstić information content (AvgIpc) is 2.90. The third-order valence-electron chi connectivity index (χ3n) is 5.73. The summed E-state index contributed by atoms with van der Waals surface area (Å²) in [7, 11) is 0. The average molecular weight is 554 g/mol. The molecule has 0 unspecified atom stereocenters. The van der Waals surface area contributed by atoms with Crippen molar-refractivity contribution in [2.45, 2.75) is 18.9 Å². The lowest BCUT2D eigenvalue weighted by Gasteiger charge is -2.16. The second-order valence-corrected chi connectivity index (χ2v) is 9.35. The molecule has 5 N–H and O–H groups in total. The first-order chi connectivity index (χ1) is 18.3. The molecule has 3 aromatic carbocycles. The third-order valence-corrected chi connectivity index (χ3v) is 6.36. The number of carbonyl (C=O) groups is 3. The number of carboxylic acid groups (broad SMARTS) is 1. The first-order valence-corrected chi connectivity index (χ1v) is 12.6. The molecule has 0 saturated carbocycles. The highest BCUT2D eigenvalue weighted by atomic mass is 35.5. The van der Waals surface area contributed by atoms with E-state index in [2.05, 4.69) is 26.3 Å². The first kappa shape index (κ1) is 27.0. The maximum atomic E-state index is 12.8. The van der Waals surface area contributed by atoms with Crippen LogP contribution < -0.4 is 21.3 Å². The van der Waals surface area contributed by atoms with Gasteiger partial charge in [-0.25, -0.2) is 4.79 Å². The van der Waals surface area contributed by atoms with Gasteiger partial charge in [0.1, 0.15) is 6.04 Å². The molecule has 9 nitrogen and oxygen atoms in total. The molecule has 0 spiro atoms. The van der Waals surface area contributed by atoms with Gasteiger partial charge < -0.3 is 26.4 Å². The summed E-state index contributed by atoms with van der Waals surface area (Å²) in [5.74, 6) is -1.51. The molecule has 2 amide bonds. The fourth-order valence-electron chi connectivity index (χ4n) is 3.80. The predicted octanol–water partition coefficient (Wildman–Crippen LogP) is 4.43. The number of carboxylic acids is 1. The van der Waals surface area contributed by atoms with E-state index in [4.69, 9.17) is 23.2 Å². The molecular formula is C27H25Cl2N5O4. The SMILES string of the molecule is O=C(Nc1ccc(C[C@H](NC(=O)c2c(Cl)cccc2Cl)C(=O)O)cc1)c1cccc(NC2=NCCCN2)c1. The molecule has 11 heteroatoms. The Bertz CT molecular complexity index is 1360. The predicted molar refractivity (Wildman–Crippen MR) is 148 cm³/mol. The minimum Gasteiger partial charge on any atom is -0.480 e. The molecule has 0 radical (unpaired) electrons. The van der Waals surface area contributed by atoms with E-state index in [0.29, 0.717) is 22.8 Å². The van der Waals surface area contributed by atoms with Gasteiger partial charge in [-0.15, -0.1) is 0 Å². The number of halogens is 2. The van der Waals surface area contributed by atoms with Gasteiger partial charge in [0.2, 0.25) is 0 Å². The Morgan fingerprint density at radius 2 is 1.66 bits per heavy atom. The van der Waals surface area contributed by atoms with Crippen LogP contribution in [0.5, 0.6) is 0 Å². The fourth-order valence-corrected chi connectivity index (χ4v) is 4.37.